The van der Waals surface area contributed by atoms with Gasteiger partial charge in [-0.25, -0.2) is 0 Å². The standard InChI is InChI=1S/C26H28OS/c1-26(2,3)23-16-14-20(15-17-23)19-28-25(22-12-8-5-9-13-22)18-24(27)21-10-6-4-7-11-21/h4-17,25H,18-19H2,1-3H3/t25-/m1/s1. The van der Waals surface area contributed by atoms with E-state index in [1.165, 1.54) is 16.7 Å². The zero-order chi connectivity index (χ0) is 20.0. The van der Waals surface area contributed by atoms with Gasteiger partial charge in [-0.2, -0.15) is 0 Å². The molecule has 0 aliphatic heterocycles. The second-order valence-electron chi connectivity index (χ2n) is 8.15. The molecule has 0 unspecified atom stereocenters. The van der Waals surface area contributed by atoms with Crippen LogP contribution in [0.4, 0.5) is 0 Å². The van der Waals surface area contributed by atoms with E-state index < -0.39 is 0 Å². The molecule has 0 aliphatic carbocycles. The maximum absolute atomic E-state index is 12.8. The van der Waals surface area contributed by atoms with Crippen LogP contribution in [0.2, 0.25) is 0 Å². The zero-order valence-electron chi connectivity index (χ0n) is 16.9. The Morgan fingerprint density at radius 2 is 1.39 bits per heavy atom. The molecule has 0 saturated heterocycles. The van der Waals surface area contributed by atoms with E-state index in [1.807, 2.05) is 60.3 Å². The van der Waals surface area contributed by atoms with Gasteiger partial charge in [-0.3, -0.25) is 4.79 Å². The molecule has 0 bridgehead atoms. The minimum Gasteiger partial charge on any atom is -0.294 e. The van der Waals surface area contributed by atoms with Crippen LogP contribution in [0.3, 0.4) is 0 Å². The summed E-state index contributed by atoms with van der Waals surface area (Å²) in [6.07, 6.45) is 0.513. The van der Waals surface area contributed by atoms with E-state index in [4.69, 9.17) is 0 Å². The molecule has 3 rings (SSSR count). The Kier molecular flexibility index (Phi) is 6.74. The lowest BCUT2D eigenvalue weighted by Gasteiger charge is -2.20. The monoisotopic (exact) mass is 388 g/mol. The van der Waals surface area contributed by atoms with Crippen molar-refractivity contribution in [3.05, 3.63) is 107 Å². The van der Waals surface area contributed by atoms with Gasteiger partial charge in [0.1, 0.15) is 0 Å². The summed E-state index contributed by atoms with van der Waals surface area (Å²) >= 11 is 1.84. The van der Waals surface area contributed by atoms with Crippen LogP contribution in [-0.4, -0.2) is 5.78 Å². The predicted molar refractivity (Wildman–Crippen MR) is 121 cm³/mol. The van der Waals surface area contributed by atoms with E-state index in [0.717, 1.165) is 11.3 Å². The first-order chi connectivity index (χ1) is 13.4. The van der Waals surface area contributed by atoms with E-state index in [-0.39, 0.29) is 16.4 Å². The first-order valence-corrected chi connectivity index (χ1v) is 10.8. The molecule has 144 valence electrons. The minimum atomic E-state index is 0.149. The first-order valence-electron chi connectivity index (χ1n) is 9.78. The highest BCUT2D eigenvalue weighted by atomic mass is 32.2. The summed E-state index contributed by atoms with van der Waals surface area (Å²) in [5.41, 5.74) is 4.81. The Morgan fingerprint density at radius 3 is 1.96 bits per heavy atom. The lowest BCUT2D eigenvalue weighted by molar-refractivity contribution is 0.0982. The highest BCUT2D eigenvalue weighted by molar-refractivity contribution is 7.98. The topological polar surface area (TPSA) is 17.1 Å². The van der Waals surface area contributed by atoms with Gasteiger partial charge in [0.2, 0.25) is 0 Å². The van der Waals surface area contributed by atoms with Crippen molar-refractivity contribution in [3.63, 3.8) is 0 Å². The Hall–Kier alpha value is -2.32. The highest BCUT2D eigenvalue weighted by Crippen LogP contribution is 2.36. The molecular formula is C26H28OS. The van der Waals surface area contributed by atoms with Crippen molar-refractivity contribution < 1.29 is 4.79 Å². The molecule has 0 radical (unpaired) electrons. The van der Waals surface area contributed by atoms with Crippen molar-refractivity contribution in [1.29, 1.82) is 0 Å². The smallest absolute Gasteiger partial charge is 0.164 e. The maximum Gasteiger partial charge on any atom is 0.164 e. The highest BCUT2D eigenvalue weighted by Gasteiger charge is 2.18. The van der Waals surface area contributed by atoms with E-state index in [9.17, 15) is 4.79 Å². The molecule has 2 heteroatoms. The lowest BCUT2D eigenvalue weighted by atomic mass is 9.87. The van der Waals surface area contributed by atoms with Crippen LogP contribution in [0.15, 0.2) is 84.9 Å². The molecule has 0 amide bonds. The van der Waals surface area contributed by atoms with Gasteiger partial charge in [0.15, 0.2) is 5.78 Å². The predicted octanol–water partition coefficient (Wildman–Crippen LogP) is 7.23. The largest absolute Gasteiger partial charge is 0.294 e. The van der Waals surface area contributed by atoms with Gasteiger partial charge in [-0.1, -0.05) is 106 Å². The molecule has 0 spiro atoms. The van der Waals surface area contributed by atoms with E-state index in [1.54, 1.807) is 0 Å². The van der Waals surface area contributed by atoms with Crippen LogP contribution in [0.1, 0.15) is 59.5 Å². The van der Waals surface area contributed by atoms with Crippen LogP contribution in [0, 0.1) is 0 Å². The molecule has 0 saturated carbocycles. The Morgan fingerprint density at radius 1 is 0.821 bits per heavy atom. The Labute approximate surface area is 173 Å². The summed E-state index contributed by atoms with van der Waals surface area (Å²) in [5, 5.41) is 0.149. The van der Waals surface area contributed by atoms with Crippen LogP contribution < -0.4 is 0 Å². The normalized spacial score (nSPS) is 12.5. The number of hydrogen-bond acceptors (Lipinski definition) is 2. The van der Waals surface area contributed by atoms with Crippen molar-refractivity contribution in [2.24, 2.45) is 0 Å². The minimum absolute atomic E-state index is 0.149. The third-order valence-electron chi connectivity index (χ3n) is 4.91. The van der Waals surface area contributed by atoms with Crippen molar-refractivity contribution in [1.82, 2.24) is 0 Å². The zero-order valence-corrected chi connectivity index (χ0v) is 17.7. The number of carbonyl (C=O) groups is 1. The molecule has 1 atom stereocenters. The van der Waals surface area contributed by atoms with Gasteiger partial charge < -0.3 is 0 Å². The average Bonchev–Trinajstić information content (AvgIpc) is 2.72. The molecule has 1 nitrogen and oxygen atoms in total. The second kappa shape index (κ2) is 9.25. The average molecular weight is 389 g/mol. The summed E-state index contributed by atoms with van der Waals surface area (Å²) < 4.78 is 0. The fourth-order valence-corrected chi connectivity index (χ4v) is 4.35. The summed E-state index contributed by atoms with van der Waals surface area (Å²) in [7, 11) is 0. The summed E-state index contributed by atoms with van der Waals surface area (Å²) in [6, 6.07) is 28.9. The summed E-state index contributed by atoms with van der Waals surface area (Å²) in [6.45, 7) is 6.70. The van der Waals surface area contributed by atoms with Crippen LogP contribution in [0.25, 0.3) is 0 Å². The maximum atomic E-state index is 12.8. The van der Waals surface area contributed by atoms with Gasteiger partial charge >= 0.3 is 0 Å². The van der Waals surface area contributed by atoms with Gasteiger partial charge in [0.05, 0.1) is 0 Å². The number of rotatable bonds is 7. The lowest BCUT2D eigenvalue weighted by Crippen LogP contribution is -2.10. The van der Waals surface area contributed by atoms with Crippen LogP contribution >= 0.6 is 11.8 Å². The number of thioether (sulfide) groups is 1. The fraction of sp³-hybridized carbons (Fsp3) is 0.269. The van der Waals surface area contributed by atoms with E-state index in [2.05, 4.69) is 57.2 Å². The van der Waals surface area contributed by atoms with Crippen molar-refractivity contribution in [2.45, 2.75) is 43.6 Å². The Bertz CT molecular complexity index is 877. The van der Waals surface area contributed by atoms with Gasteiger partial charge in [0.25, 0.3) is 0 Å². The molecule has 0 aromatic heterocycles. The molecule has 0 aliphatic rings. The number of hydrogen-bond donors (Lipinski definition) is 0. The second-order valence-corrected chi connectivity index (χ2v) is 9.34. The first kappa shape index (κ1) is 20.4. The van der Waals surface area contributed by atoms with Crippen LogP contribution in [-0.2, 0) is 11.2 Å². The van der Waals surface area contributed by atoms with Crippen molar-refractivity contribution in [2.75, 3.05) is 0 Å². The summed E-state index contributed by atoms with van der Waals surface area (Å²) in [4.78, 5) is 12.8. The number of carbonyl (C=O) groups excluding carboxylic acids is 1. The third kappa shape index (κ3) is 5.59. The molecule has 28 heavy (non-hydrogen) atoms. The summed E-state index contributed by atoms with van der Waals surface area (Å²) in [5.74, 6) is 1.09. The molecular weight excluding hydrogens is 360 g/mol. The third-order valence-corrected chi connectivity index (χ3v) is 6.25. The van der Waals surface area contributed by atoms with E-state index in [0.29, 0.717) is 6.42 Å². The molecule has 3 aromatic rings. The molecule has 0 heterocycles. The number of ketones is 1. The Balaban J connectivity index is 1.72. The SMILES string of the molecule is CC(C)(C)c1ccc(CS[C@H](CC(=O)c2ccccc2)c2ccccc2)cc1. The van der Waals surface area contributed by atoms with Gasteiger partial charge in [-0.05, 0) is 22.1 Å². The van der Waals surface area contributed by atoms with Crippen LogP contribution in [0.5, 0.6) is 0 Å². The van der Waals surface area contributed by atoms with Gasteiger partial charge in [-0.15, -0.1) is 11.8 Å². The van der Waals surface area contributed by atoms with E-state index >= 15 is 0 Å². The number of benzene rings is 3. The molecule has 0 fully saturated rings. The van der Waals surface area contributed by atoms with Gasteiger partial charge in [0, 0.05) is 23.0 Å². The van der Waals surface area contributed by atoms with Crippen molar-refractivity contribution >= 4 is 17.5 Å². The quantitative estimate of drug-likeness (QED) is 0.397. The fourth-order valence-electron chi connectivity index (χ4n) is 3.15. The molecule has 3 aromatic carbocycles. The van der Waals surface area contributed by atoms with Crippen molar-refractivity contribution in [3.8, 4) is 0 Å². The molecule has 0 N–H and O–H groups in total. The number of Topliss-reactive ketones (excluding diaryl/α,β-unsaturated/α-hetero) is 1.